The van der Waals surface area contributed by atoms with Crippen molar-refractivity contribution >= 4 is 5.91 Å². The van der Waals surface area contributed by atoms with Crippen molar-refractivity contribution in [2.75, 3.05) is 26.7 Å². The standard InChI is InChI=1S/C16H30N2O2/c1-13-6-8-14(9-7-13)17-16(19)12-18(2)11-15-5-3-4-10-20-15/h13-15H,3-12H2,1-2H3,(H,17,19). The molecule has 2 fully saturated rings. The molecule has 0 aromatic heterocycles. The van der Waals surface area contributed by atoms with E-state index in [1.54, 1.807) is 0 Å². The quantitative estimate of drug-likeness (QED) is 0.840. The van der Waals surface area contributed by atoms with Gasteiger partial charge in [-0.2, -0.15) is 0 Å². The number of likely N-dealkylation sites (N-methyl/N-ethyl adjacent to an activating group) is 1. The second kappa shape index (κ2) is 7.99. The Morgan fingerprint density at radius 3 is 2.60 bits per heavy atom. The fourth-order valence-corrected chi connectivity index (χ4v) is 3.29. The third kappa shape index (κ3) is 5.41. The Labute approximate surface area is 123 Å². The number of nitrogens with zero attached hydrogens (tertiary/aromatic N) is 1. The van der Waals surface area contributed by atoms with Crippen LogP contribution in [0.3, 0.4) is 0 Å². The van der Waals surface area contributed by atoms with E-state index in [1.165, 1.54) is 25.7 Å². The fourth-order valence-electron chi connectivity index (χ4n) is 3.29. The summed E-state index contributed by atoms with van der Waals surface area (Å²) in [5, 5.41) is 3.19. The first-order valence-electron chi connectivity index (χ1n) is 8.23. The highest BCUT2D eigenvalue weighted by atomic mass is 16.5. The zero-order valence-corrected chi connectivity index (χ0v) is 13.1. The fraction of sp³-hybridized carbons (Fsp3) is 0.938. The van der Waals surface area contributed by atoms with Crippen molar-refractivity contribution in [3.8, 4) is 0 Å². The number of ether oxygens (including phenoxy) is 1. The van der Waals surface area contributed by atoms with Crippen LogP contribution < -0.4 is 5.32 Å². The summed E-state index contributed by atoms with van der Waals surface area (Å²) in [4.78, 5) is 14.1. The normalized spacial score (nSPS) is 31.2. The summed E-state index contributed by atoms with van der Waals surface area (Å²) in [5.74, 6) is 0.997. The van der Waals surface area contributed by atoms with E-state index in [4.69, 9.17) is 4.74 Å². The molecule has 1 heterocycles. The lowest BCUT2D eigenvalue weighted by Gasteiger charge is -2.29. The molecule has 0 spiro atoms. The topological polar surface area (TPSA) is 41.6 Å². The van der Waals surface area contributed by atoms with Crippen molar-refractivity contribution in [1.29, 1.82) is 0 Å². The largest absolute Gasteiger partial charge is 0.377 e. The average molecular weight is 282 g/mol. The molecule has 2 rings (SSSR count). The first-order valence-corrected chi connectivity index (χ1v) is 8.23. The van der Waals surface area contributed by atoms with E-state index in [0.29, 0.717) is 18.7 Å². The molecule has 2 aliphatic rings. The summed E-state index contributed by atoms with van der Waals surface area (Å²) in [7, 11) is 2.01. The first-order chi connectivity index (χ1) is 9.63. The third-order valence-electron chi connectivity index (χ3n) is 4.58. The van der Waals surface area contributed by atoms with E-state index < -0.39 is 0 Å². The van der Waals surface area contributed by atoms with Crippen LogP contribution >= 0.6 is 0 Å². The van der Waals surface area contributed by atoms with Crippen molar-refractivity contribution in [3.05, 3.63) is 0 Å². The van der Waals surface area contributed by atoms with Crippen LogP contribution in [0.2, 0.25) is 0 Å². The Morgan fingerprint density at radius 1 is 1.20 bits per heavy atom. The van der Waals surface area contributed by atoms with E-state index in [9.17, 15) is 4.79 Å². The highest BCUT2D eigenvalue weighted by Crippen LogP contribution is 2.23. The van der Waals surface area contributed by atoms with Crippen LogP contribution in [-0.2, 0) is 9.53 Å². The van der Waals surface area contributed by atoms with Crippen molar-refractivity contribution < 1.29 is 9.53 Å². The monoisotopic (exact) mass is 282 g/mol. The molecule has 1 atom stereocenters. The molecule has 0 bridgehead atoms. The molecular weight excluding hydrogens is 252 g/mol. The van der Waals surface area contributed by atoms with E-state index in [2.05, 4.69) is 17.1 Å². The minimum absolute atomic E-state index is 0.169. The number of rotatable bonds is 5. The van der Waals surface area contributed by atoms with E-state index in [-0.39, 0.29) is 5.91 Å². The molecule has 4 heteroatoms. The number of hydrogen-bond acceptors (Lipinski definition) is 3. The molecule has 1 aliphatic carbocycles. The molecule has 20 heavy (non-hydrogen) atoms. The maximum absolute atomic E-state index is 12.1. The van der Waals surface area contributed by atoms with Gasteiger partial charge in [0.15, 0.2) is 0 Å². The van der Waals surface area contributed by atoms with Gasteiger partial charge in [-0.3, -0.25) is 9.69 Å². The van der Waals surface area contributed by atoms with Gasteiger partial charge in [-0.25, -0.2) is 0 Å². The van der Waals surface area contributed by atoms with Gasteiger partial charge >= 0.3 is 0 Å². The molecule has 1 N–H and O–H groups in total. The SMILES string of the molecule is CC1CCC(NC(=O)CN(C)CC2CCCCO2)CC1. The Bertz CT molecular complexity index is 295. The number of amides is 1. The number of hydrogen-bond donors (Lipinski definition) is 1. The van der Waals surface area contributed by atoms with Gasteiger partial charge in [0.1, 0.15) is 0 Å². The summed E-state index contributed by atoms with van der Waals surface area (Å²) in [6.07, 6.45) is 8.66. The molecule has 0 radical (unpaired) electrons. The zero-order valence-electron chi connectivity index (χ0n) is 13.1. The Hall–Kier alpha value is -0.610. The predicted molar refractivity (Wildman–Crippen MR) is 80.7 cm³/mol. The van der Waals surface area contributed by atoms with Gasteiger partial charge in [0.25, 0.3) is 0 Å². The molecule has 116 valence electrons. The van der Waals surface area contributed by atoms with Crippen LogP contribution in [0.15, 0.2) is 0 Å². The molecular formula is C16H30N2O2. The summed E-state index contributed by atoms with van der Waals surface area (Å²) >= 11 is 0. The second-order valence-corrected chi connectivity index (χ2v) is 6.71. The highest BCUT2D eigenvalue weighted by molar-refractivity contribution is 5.78. The van der Waals surface area contributed by atoms with Crippen molar-refractivity contribution in [2.24, 2.45) is 5.92 Å². The van der Waals surface area contributed by atoms with Crippen LogP contribution in [0.5, 0.6) is 0 Å². The van der Waals surface area contributed by atoms with Crippen LogP contribution in [-0.4, -0.2) is 49.7 Å². The Morgan fingerprint density at radius 2 is 1.95 bits per heavy atom. The molecule has 0 aromatic rings. The maximum atomic E-state index is 12.1. The second-order valence-electron chi connectivity index (χ2n) is 6.71. The minimum Gasteiger partial charge on any atom is -0.377 e. The van der Waals surface area contributed by atoms with Gasteiger partial charge < -0.3 is 10.1 Å². The van der Waals surface area contributed by atoms with Gasteiger partial charge in [0.05, 0.1) is 12.6 Å². The van der Waals surface area contributed by atoms with Crippen molar-refractivity contribution in [1.82, 2.24) is 10.2 Å². The molecule has 1 saturated carbocycles. The lowest BCUT2D eigenvalue weighted by atomic mass is 9.87. The van der Waals surface area contributed by atoms with E-state index in [1.807, 2.05) is 7.05 Å². The zero-order chi connectivity index (χ0) is 14.4. The van der Waals surface area contributed by atoms with Crippen LogP contribution in [0.4, 0.5) is 0 Å². The Kier molecular flexibility index (Phi) is 6.30. The molecule has 1 saturated heterocycles. The van der Waals surface area contributed by atoms with Gasteiger partial charge in [-0.15, -0.1) is 0 Å². The van der Waals surface area contributed by atoms with Gasteiger partial charge in [-0.05, 0) is 57.9 Å². The number of carbonyl (C=O) groups is 1. The van der Waals surface area contributed by atoms with E-state index in [0.717, 1.165) is 38.3 Å². The first kappa shape index (κ1) is 15.8. The summed E-state index contributed by atoms with van der Waals surface area (Å²) < 4.78 is 5.72. The van der Waals surface area contributed by atoms with Gasteiger partial charge in [0.2, 0.25) is 5.91 Å². The smallest absolute Gasteiger partial charge is 0.234 e. The maximum Gasteiger partial charge on any atom is 0.234 e. The molecule has 4 nitrogen and oxygen atoms in total. The number of carbonyl (C=O) groups excluding carboxylic acids is 1. The van der Waals surface area contributed by atoms with E-state index >= 15 is 0 Å². The van der Waals surface area contributed by atoms with Crippen molar-refractivity contribution in [3.63, 3.8) is 0 Å². The minimum atomic E-state index is 0.169. The van der Waals surface area contributed by atoms with Gasteiger partial charge in [0, 0.05) is 19.2 Å². The molecule has 0 aromatic carbocycles. The molecule has 1 amide bonds. The third-order valence-corrected chi connectivity index (χ3v) is 4.58. The predicted octanol–water partition coefficient (Wildman–Crippen LogP) is 2.18. The number of nitrogens with one attached hydrogen (secondary N) is 1. The lowest BCUT2D eigenvalue weighted by molar-refractivity contribution is -0.123. The highest BCUT2D eigenvalue weighted by Gasteiger charge is 2.21. The Balaban J connectivity index is 1.63. The van der Waals surface area contributed by atoms with Gasteiger partial charge in [-0.1, -0.05) is 6.92 Å². The summed E-state index contributed by atoms with van der Waals surface area (Å²) in [5.41, 5.74) is 0. The summed E-state index contributed by atoms with van der Waals surface area (Å²) in [6.45, 7) is 4.54. The lowest BCUT2D eigenvalue weighted by Crippen LogP contribution is -2.44. The van der Waals surface area contributed by atoms with Crippen LogP contribution in [0, 0.1) is 5.92 Å². The van der Waals surface area contributed by atoms with Crippen LogP contribution in [0.1, 0.15) is 51.9 Å². The van der Waals surface area contributed by atoms with Crippen molar-refractivity contribution in [2.45, 2.75) is 64.0 Å². The van der Waals surface area contributed by atoms with Crippen LogP contribution in [0.25, 0.3) is 0 Å². The molecule has 1 aliphatic heterocycles. The molecule has 1 unspecified atom stereocenters. The summed E-state index contributed by atoms with van der Waals surface area (Å²) in [6, 6.07) is 0.401. The average Bonchev–Trinajstić information content (AvgIpc) is 2.42.